The summed E-state index contributed by atoms with van der Waals surface area (Å²) in [6, 6.07) is 7.70. The molecular formula is C16H22N4O. The van der Waals surface area contributed by atoms with Gasteiger partial charge in [0.15, 0.2) is 5.82 Å². The van der Waals surface area contributed by atoms with Crippen LogP contribution in [0, 0.1) is 0 Å². The first kappa shape index (κ1) is 15.1. The Morgan fingerprint density at radius 2 is 1.95 bits per heavy atom. The molecular weight excluding hydrogens is 264 g/mol. The molecule has 0 atom stereocenters. The van der Waals surface area contributed by atoms with E-state index in [0.29, 0.717) is 18.9 Å². The Bertz CT molecular complexity index is 633. The molecule has 0 aliphatic carbocycles. The monoisotopic (exact) mass is 286 g/mol. The van der Waals surface area contributed by atoms with Crippen molar-refractivity contribution in [2.75, 3.05) is 17.2 Å². The fraction of sp³-hybridized carbons (Fsp3) is 0.375. The summed E-state index contributed by atoms with van der Waals surface area (Å²) in [5, 5.41) is 0. The molecule has 1 aromatic heterocycles. The van der Waals surface area contributed by atoms with Crippen molar-refractivity contribution in [3.8, 4) is 0 Å². The van der Waals surface area contributed by atoms with E-state index in [9.17, 15) is 4.79 Å². The lowest BCUT2D eigenvalue weighted by Crippen LogP contribution is -2.32. The van der Waals surface area contributed by atoms with E-state index in [1.165, 1.54) is 0 Å². The van der Waals surface area contributed by atoms with Crippen LogP contribution in [0.1, 0.15) is 25.8 Å². The Morgan fingerprint density at radius 3 is 2.57 bits per heavy atom. The number of aryl methyl sites for hydroxylation is 1. The Labute approximate surface area is 125 Å². The first-order chi connectivity index (χ1) is 10.2. The summed E-state index contributed by atoms with van der Waals surface area (Å²) in [6.07, 6.45) is 4.36. The van der Waals surface area contributed by atoms with Crippen LogP contribution in [0.15, 0.2) is 41.5 Å². The summed E-state index contributed by atoms with van der Waals surface area (Å²) < 4.78 is 1.72. The van der Waals surface area contributed by atoms with Gasteiger partial charge in [-0.05, 0) is 31.0 Å². The number of nitrogens with two attached hydrogens (primary N) is 1. The molecule has 0 spiro atoms. The van der Waals surface area contributed by atoms with Gasteiger partial charge in [0.25, 0.3) is 5.56 Å². The molecule has 2 rings (SSSR count). The van der Waals surface area contributed by atoms with Gasteiger partial charge >= 0.3 is 0 Å². The normalized spacial score (nSPS) is 10.6. The minimum Gasteiger partial charge on any atom is -0.399 e. The maximum Gasteiger partial charge on any atom is 0.293 e. The molecule has 112 valence electrons. The minimum atomic E-state index is -0.0309. The van der Waals surface area contributed by atoms with Gasteiger partial charge in [-0.15, -0.1) is 0 Å². The van der Waals surface area contributed by atoms with Crippen LogP contribution < -0.4 is 16.2 Å². The summed E-state index contributed by atoms with van der Waals surface area (Å²) in [7, 11) is 0. The van der Waals surface area contributed by atoms with Crippen LogP contribution in [0.2, 0.25) is 0 Å². The zero-order chi connectivity index (χ0) is 15.2. The van der Waals surface area contributed by atoms with E-state index >= 15 is 0 Å². The van der Waals surface area contributed by atoms with Gasteiger partial charge in [0.1, 0.15) is 0 Å². The highest BCUT2D eigenvalue weighted by atomic mass is 16.1. The highest BCUT2D eigenvalue weighted by molar-refractivity contribution is 5.42. The second-order valence-corrected chi connectivity index (χ2v) is 5.01. The van der Waals surface area contributed by atoms with Gasteiger partial charge in [0.2, 0.25) is 0 Å². The molecule has 0 aliphatic heterocycles. The predicted molar refractivity (Wildman–Crippen MR) is 86.4 cm³/mol. The molecule has 21 heavy (non-hydrogen) atoms. The Balaban J connectivity index is 2.27. The molecule has 0 unspecified atom stereocenters. The molecule has 0 aliphatic rings. The number of benzene rings is 1. The van der Waals surface area contributed by atoms with Crippen LogP contribution in [0.3, 0.4) is 0 Å². The topological polar surface area (TPSA) is 64.2 Å². The molecule has 5 heteroatoms. The van der Waals surface area contributed by atoms with Crippen molar-refractivity contribution in [1.29, 1.82) is 0 Å². The van der Waals surface area contributed by atoms with E-state index in [1.807, 2.05) is 36.1 Å². The molecule has 2 aromatic rings. The number of nitrogens with zero attached hydrogens (tertiary/aromatic N) is 3. The first-order valence-corrected chi connectivity index (χ1v) is 7.30. The Hall–Kier alpha value is -2.30. The lowest BCUT2D eigenvalue weighted by Gasteiger charge is -2.22. The van der Waals surface area contributed by atoms with Gasteiger partial charge in [-0.2, -0.15) is 0 Å². The van der Waals surface area contributed by atoms with Gasteiger partial charge in [-0.3, -0.25) is 4.79 Å². The molecule has 1 aromatic carbocycles. The third-order valence-corrected chi connectivity index (χ3v) is 3.39. The highest BCUT2D eigenvalue weighted by Gasteiger charge is 2.12. The SMILES string of the molecule is CCCn1ccnc(N(CC)Cc2ccc(N)cc2)c1=O. The van der Waals surface area contributed by atoms with Gasteiger partial charge in [-0.25, -0.2) is 4.98 Å². The van der Waals surface area contributed by atoms with E-state index in [0.717, 1.165) is 24.2 Å². The van der Waals surface area contributed by atoms with E-state index < -0.39 is 0 Å². The van der Waals surface area contributed by atoms with Crippen molar-refractivity contribution in [2.24, 2.45) is 0 Å². The average molecular weight is 286 g/mol. The van der Waals surface area contributed by atoms with Crippen molar-refractivity contribution in [1.82, 2.24) is 9.55 Å². The second-order valence-electron chi connectivity index (χ2n) is 5.01. The summed E-state index contributed by atoms with van der Waals surface area (Å²) in [5.74, 6) is 0.505. The number of aromatic nitrogens is 2. The lowest BCUT2D eigenvalue weighted by atomic mass is 10.2. The molecule has 0 bridgehead atoms. The molecule has 0 saturated carbocycles. The number of anilines is 2. The molecule has 0 fully saturated rings. The molecule has 0 radical (unpaired) electrons. The number of nitrogen functional groups attached to an aromatic ring is 1. The van der Waals surface area contributed by atoms with Crippen LogP contribution in [0.5, 0.6) is 0 Å². The fourth-order valence-corrected chi connectivity index (χ4v) is 2.25. The lowest BCUT2D eigenvalue weighted by molar-refractivity contribution is 0.641. The van der Waals surface area contributed by atoms with Crippen molar-refractivity contribution < 1.29 is 0 Å². The zero-order valence-electron chi connectivity index (χ0n) is 12.6. The summed E-state index contributed by atoms with van der Waals surface area (Å²) in [6.45, 7) is 6.17. The quantitative estimate of drug-likeness (QED) is 0.827. The van der Waals surface area contributed by atoms with Gasteiger partial charge in [0, 0.05) is 37.7 Å². The van der Waals surface area contributed by atoms with Gasteiger partial charge in [0.05, 0.1) is 0 Å². The van der Waals surface area contributed by atoms with Crippen LogP contribution in [0.4, 0.5) is 11.5 Å². The van der Waals surface area contributed by atoms with Crippen molar-refractivity contribution >= 4 is 11.5 Å². The highest BCUT2D eigenvalue weighted by Crippen LogP contribution is 2.12. The molecule has 0 saturated heterocycles. The maximum absolute atomic E-state index is 12.4. The van der Waals surface area contributed by atoms with E-state index in [2.05, 4.69) is 11.9 Å². The van der Waals surface area contributed by atoms with Crippen molar-refractivity contribution in [3.05, 3.63) is 52.6 Å². The fourth-order valence-electron chi connectivity index (χ4n) is 2.25. The summed E-state index contributed by atoms with van der Waals surface area (Å²) >= 11 is 0. The van der Waals surface area contributed by atoms with E-state index in [-0.39, 0.29) is 5.56 Å². The third-order valence-electron chi connectivity index (χ3n) is 3.39. The number of hydrogen-bond acceptors (Lipinski definition) is 4. The minimum absolute atomic E-state index is 0.0309. The largest absolute Gasteiger partial charge is 0.399 e. The van der Waals surface area contributed by atoms with E-state index in [1.54, 1.807) is 17.0 Å². The molecule has 2 N–H and O–H groups in total. The van der Waals surface area contributed by atoms with Crippen LogP contribution in [-0.2, 0) is 13.1 Å². The maximum atomic E-state index is 12.4. The summed E-state index contributed by atoms with van der Waals surface area (Å²) in [5.41, 5.74) is 7.52. The third kappa shape index (κ3) is 3.62. The van der Waals surface area contributed by atoms with Gasteiger partial charge < -0.3 is 15.2 Å². The summed E-state index contributed by atoms with van der Waals surface area (Å²) in [4.78, 5) is 18.7. The van der Waals surface area contributed by atoms with Crippen LogP contribution in [-0.4, -0.2) is 16.1 Å². The molecule has 1 heterocycles. The predicted octanol–water partition coefficient (Wildman–Crippen LogP) is 2.26. The number of rotatable bonds is 6. The first-order valence-electron chi connectivity index (χ1n) is 7.30. The zero-order valence-corrected chi connectivity index (χ0v) is 12.6. The Morgan fingerprint density at radius 1 is 1.24 bits per heavy atom. The van der Waals surface area contributed by atoms with Crippen LogP contribution in [0.25, 0.3) is 0 Å². The second kappa shape index (κ2) is 6.92. The standard InChI is InChI=1S/C16H22N4O/c1-3-10-20-11-9-18-15(16(20)21)19(4-2)12-13-5-7-14(17)8-6-13/h5-9,11H,3-4,10,12,17H2,1-2H3. The van der Waals surface area contributed by atoms with Gasteiger partial charge in [-0.1, -0.05) is 19.1 Å². The van der Waals surface area contributed by atoms with E-state index in [4.69, 9.17) is 5.73 Å². The molecule has 0 amide bonds. The van der Waals surface area contributed by atoms with Crippen LogP contribution >= 0.6 is 0 Å². The smallest absolute Gasteiger partial charge is 0.293 e. The van der Waals surface area contributed by atoms with Crippen molar-refractivity contribution in [2.45, 2.75) is 33.4 Å². The average Bonchev–Trinajstić information content (AvgIpc) is 2.49. The van der Waals surface area contributed by atoms with Crippen molar-refractivity contribution in [3.63, 3.8) is 0 Å². The molecule has 5 nitrogen and oxygen atoms in total. The Kier molecular flexibility index (Phi) is 4.98. The number of hydrogen-bond donors (Lipinski definition) is 1.